The number of sulfonamides is 1. The Kier molecular flexibility index (Phi) is 6.97. The van der Waals surface area contributed by atoms with Crippen molar-refractivity contribution >= 4 is 33.8 Å². The standard InChI is InChI=1S/C19H25N3O3S.ClH/c1-15-5-4-6-16(13-15)20-26(23,24)17-7-8-19(25-3)18(14-17)22-11-9-21(2)10-12-22;/h4-8,13-14,20H,9-12H2,1-3H3;1H. The molecule has 2 aromatic carbocycles. The van der Waals surface area contributed by atoms with Crippen molar-refractivity contribution in [3.8, 4) is 5.75 Å². The van der Waals surface area contributed by atoms with Crippen LogP contribution in [-0.2, 0) is 10.0 Å². The largest absolute Gasteiger partial charge is 0.495 e. The van der Waals surface area contributed by atoms with Crippen LogP contribution < -0.4 is 14.4 Å². The first-order valence-electron chi connectivity index (χ1n) is 8.60. The molecule has 0 bridgehead atoms. The number of halogens is 1. The van der Waals surface area contributed by atoms with E-state index in [4.69, 9.17) is 4.74 Å². The molecule has 1 saturated heterocycles. The lowest BCUT2D eigenvalue weighted by molar-refractivity contribution is 0.311. The van der Waals surface area contributed by atoms with Gasteiger partial charge in [-0.25, -0.2) is 8.42 Å². The van der Waals surface area contributed by atoms with Crippen molar-refractivity contribution in [2.45, 2.75) is 11.8 Å². The molecule has 0 radical (unpaired) electrons. The van der Waals surface area contributed by atoms with E-state index in [1.807, 2.05) is 25.1 Å². The zero-order valence-corrected chi connectivity index (χ0v) is 17.4. The summed E-state index contributed by atoms with van der Waals surface area (Å²) in [7, 11) is 0.0201. The third-order valence-electron chi connectivity index (χ3n) is 4.57. The lowest BCUT2D eigenvalue weighted by atomic mass is 10.2. The van der Waals surface area contributed by atoms with Gasteiger partial charge in [-0.2, -0.15) is 0 Å². The molecule has 27 heavy (non-hydrogen) atoms. The second kappa shape index (κ2) is 8.82. The lowest BCUT2D eigenvalue weighted by Crippen LogP contribution is -2.44. The minimum Gasteiger partial charge on any atom is -0.495 e. The molecule has 2 aromatic rings. The van der Waals surface area contributed by atoms with Crippen molar-refractivity contribution in [2.75, 3.05) is 50.0 Å². The van der Waals surface area contributed by atoms with Crippen LogP contribution in [0.15, 0.2) is 47.4 Å². The minimum absolute atomic E-state index is 0. The van der Waals surface area contributed by atoms with Crippen molar-refractivity contribution < 1.29 is 13.2 Å². The Morgan fingerprint density at radius 2 is 1.74 bits per heavy atom. The highest BCUT2D eigenvalue weighted by Gasteiger charge is 2.22. The number of methoxy groups -OCH3 is 1. The summed E-state index contributed by atoms with van der Waals surface area (Å²) in [5, 5.41) is 0. The Hall–Kier alpha value is -1.96. The molecule has 1 heterocycles. The van der Waals surface area contributed by atoms with Gasteiger partial charge in [0, 0.05) is 31.9 Å². The van der Waals surface area contributed by atoms with Gasteiger partial charge in [0.2, 0.25) is 0 Å². The first kappa shape index (κ1) is 21.3. The maximum absolute atomic E-state index is 12.8. The van der Waals surface area contributed by atoms with E-state index in [1.165, 1.54) is 0 Å². The number of rotatable bonds is 5. The summed E-state index contributed by atoms with van der Waals surface area (Å²) in [6, 6.07) is 12.3. The number of piperazine rings is 1. The Labute approximate surface area is 167 Å². The van der Waals surface area contributed by atoms with Crippen LogP contribution in [0.3, 0.4) is 0 Å². The average molecular weight is 412 g/mol. The normalized spacial score (nSPS) is 15.1. The van der Waals surface area contributed by atoms with Crippen LogP contribution in [0.25, 0.3) is 0 Å². The summed E-state index contributed by atoms with van der Waals surface area (Å²) < 4.78 is 33.8. The van der Waals surface area contributed by atoms with Gasteiger partial charge in [-0.05, 0) is 49.9 Å². The van der Waals surface area contributed by atoms with E-state index in [9.17, 15) is 8.42 Å². The summed E-state index contributed by atoms with van der Waals surface area (Å²) in [4.78, 5) is 4.65. The number of nitrogens with zero attached hydrogens (tertiary/aromatic N) is 2. The highest BCUT2D eigenvalue weighted by atomic mass is 35.5. The molecular formula is C19H26ClN3O3S. The molecule has 1 aliphatic rings. The van der Waals surface area contributed by atoms with Crippen LogP contribution >= 0.6 is 12.4 Å². The monoisotopic (exact) mass is 411 g/mol. The van der Waals surface area contributed by atoms with Crippen LogP contribution in [0.2, 0.25) is 0 Å². The molecule has 8 heteroatoms. The van der Waals surface area contributed by atoms with Crippen molar-refractivity contribution in [1.82, 2.24) is 4.90 Å². The second-order valence-electron chi connectivity index (χ2n) is 6.60. The Morgan fingerprint density at radius 3 is 2.37 bits per heavy atom. The van der Waals surface area contributed by atoms with E-state index < -0.39 is 10.0 Å². The smallest absolute Gasteiger partial charge is 0.261 e. The van der Waals surface area contributed by atoms with Crippen molar-refractivity contribution in [3.05, 3.63) is 48.0 Å². The number of likely N-dealkylation sites (N-methyl/N-ethyl adjacent to an activating group) is 1. The number of benzene rings is 2. The van der Waals surface area contributed by atoms with E-state index in [0.29, 0.717) is 11.4 Å². The van der Waals surface area contributed by atoms with Gasteiger partial charge in [0.15, 0.2) is 0 Å². The van der Waals surface area contributed by atoms with Crippen LogP contribution in [-0.4, -0.2) is 53.7 Å². The van der Waals surface area contributed by atoms with Gasteiger partial charge in [-0.15, -0.1) is 12.4 Å². The van der Waals surface area contributed by atoms with Crippen molar-refractivity contribution in [3.63, 3.8) is 0 Å². The highest BCUT2D eigenvalue weighted by molar-refractivity contribution is 7.92. The molecule has 6 nitrogen and oxygen atoms in total. The van der Waals surface area contributed by atoms with Crippen LogP contribution in [0.1, 0.15) is 5.56 Å². The number of nitrogens with one attached hydrogen (secondary N) is 1. The number of ether oxygens (including phenoxy) is 1. The third-order valence-corrected chi connectivity index (χ3v) is 5.95. The molecule has 148 valence electrons. The molecule has 3 rings (SSSR count). The fourth-order valence-corrected chi connectivity index (χ4v) is 4.12. The molecule has 0 spiro atoms. The molecule has 1 fully saturated rings. The zero-order chi connectivity index (χ0) is 18.7. The van der Waals surface area contributed by atoms with Gasteiger partial charge in [-0.1, -0.05) is 12.1 Å². The van der Waals surface area contributed by atoms with E-state index in [2.05, 4.69) is 21.6 Å². The van der Waals surface area contributed by atoms with Gasteiger partial charge in [-0.3, -0.25) is 4.72 Å². The molecule has 0 aromatic heterocycles. The topological polar surface area (TPSA) is 61.9 Å². The number of hydrogen-bond donors (Lipinski definition) is 1. The average Bonchev–Trinajstić information content (AvgIpc) is 2.61. The third kappa shape index (κ3) is 5.06. The summed E-state index contributed by atoms with van der Waals surface area (Å²) in [6.45, 7) is 5.46. The van der Waals surface area contributed by atoms with Gasteiger partial charge < -0.3 is 14.5 Å². The van der Waals surface area contributed by atoms with E-state index in [-0.39, 0.29) is 17.3 Å². The fraction of sp³-hybridized carbons (Fsp3) is 0.368. The second-order valence-corrected chi connectivity index (χ2v) is 8.28. The van der Waals surface area contributed by atoms with Crippen LogP contribution in [0, 0.1) is 6.92 Å². The summed E-state index contributed by atoms with van der Waals surface area (Å²) >= 11 is 0. The fourth-order valence-electron chi connectivity index (χ4n) is 3.05. The predicted octanol–water partition coefficient (Wildman–Crippen LogP) is 2.98. The molecule has 1 aliphatic heterocycles. The minimum atomic E-state index is -3.67. The van der Waals surface area contributed by atoms with Crippen LogP contribution in [0.4, 0.5) is 11.4 Å². The maximum atomic E-state index is 12.8. The first-order valence-corrected chi connectivity index (χ1v) is 10.1. The summed E-state index contributed by atoms with van der Waals surface area (Å²) in [5.41, 5.74) is 2.37. The first-order chi connectivity index (χ1) is 12.4. The predicted molar refractivity (Wildman–Crippen MR) is 112 cm³/mol. The number of anilines is 2. The van der Waals surface area contributed by atoms with E-state index >= 15 is 0 Å². The lowest BCUT2D eigenvalue weighted by Gasteiger charge is -2.34. The molecule has 0 unspecified atom stereocenters. The van der Waals surface area contributed by atoms with Gasteiger partial charge >= 0.3 is 0 Å². The van der Waals surface area contributed by atoms with Crippen molar-refractivity contribution in [1.29, 1.82) is 0 Å². The zero-order valence-electron chi connectivity index (χ0n) is 15.8. The number of hydrogen-bond acceptors (Lipinski definition) is 5. The summed E-state index contributed by atoms with van der Waals surface area (Å²) in [6.07, 6.45) is 0. The SMILES string of the molecule is COc1ccc(S(=O)(=O)Nc2cccc(C)c2)cc1N1CCN(C)CC1.Cl. The maximum Gasteiger partial charge on any atom is 0.261 e. The Bertz CT molecular complexity index is 882. The number of aryl methyl sites for hydroxylation is 1. The quantitative estimate of drug-likeness (QED) is 0.819. The van der Waals surface area contributed by atoms with Crippen LogP contribution in [0.5, 0.6) is 5.75 Å². The Morgan fingerprint density at radius 1 is 1.04 bits per heavy atom. The van der Waals surface area contributed by atoms with E-state index in [0.717, 1.165) is 37.4 Å². The van der Waals surface area contributed by atoms with Gasteiger partial charge in [0.05, 0.1) is 17.7 Å². The van der Waals surface area contributed by atoms with Gasteiger partial charge in [0.1, 0.15) is 5.75 Å². The highest BCUT2D eigenvalue weighted by Crippen LogP contribution is 2.32. The molecule has 0 saturated carbocycles. The van der Waals surface area contributed by atoms with Gasteiger partial charge in [0.25, 0.3) is 10.0 Å². The molecule has 0 aliphatic carbocycles. The van der Waals surface area contributed by atoms with E-state index in [1.54, 1.807) is 31.4 Å². The summed E-state index contributed by atoms with van der Waals surface area (Å²) in [5.74, 6) is 0.684. The molecule has 0 atom stereocenters. The molecular weight excluding hydrogens is 386 g/mol. The Balaban J connectivity index is 0.00000261. The van der Waals surface area contributed by atoms with Crippen molar-refractivity contribution in [2.24, 2.45) is 0 Å². The molecule has 1 N–H and O–H groups in total. The molecule has 0 amide bonds.